The van der Waals surface area contributed by atoms with Gasteiger partial charge in [0, 0.05) is 39.1 Å². The highest BCUT2D eigenvalue weighted by molar-refractivity contribution is 7.18. The number of carbonyl (C=O) groups excluding carboxylic acids is 2. The molecule has 1 aromatic rings. The number of amides is 2. The maximum absolute atomic E-state index is 12.0. The van der Waals surface area contributed by atoms with Crippen LogP contribution in [0.5, 0.6) is 0 Å². The molecule has 1 saturated heterocycles. The largest absolute Gasteiger partial charge is 0.382 e. The lowest BCUT2D eigenvalue weighted by molar-refractivity contribution is -0.120. The molecule has 2 heterocycles. The maximum atomic E-state index is 12.0. The number of nitrogens with zero attached hydrogens (tertiary/aromatic N) is 2. The van der Waals surface area contributed by atoms with Gasteiger partial charge in [0.1, 0.15) is 10.7 Å². The molecule has 2 rings (SSSR count). The second-order valence-corrected chi connectivity index (χ2v) is 5.86. The van der Waals surface area contributed by atoms with Crippen LogP contribution in [0.2, 0.25) is 0 Å². The number of nitrogen functional groups attached to an aromatic ring is 1. The summed E-state index contributed by atoms with van der Waals surface area (Å²) in [5.74, 6) is -0.212. The molecule has 0 spiro atoms. The molecule has 2 amide bonds. The number of nitrogens with one attached hydrogen (secondary N) is 2. The molecule has 1 aromatic heterocycles. The van der Waals surface area contributed by atoms with Gasteiger partial charge in [-0.15, -0.1) is 0 Å². The second-order valence-electron chi connectivity index (χ2n) is 4.88. The molecule has 116 valence electrons. The molecule has 0 bridgehead atoms. The number of aromatic nitrogens is 1. The van der Waals surface area contributed by atoms with Crippen molar-refractivity contribution in [3.63, 3.8) is 0 Å². The monoisotopic (exact) mass is 312 g/mol. The van der Waals surface area contributed by atoms with E-state index >= 15 is 0 Å². The Labute approximate surface area is 126 Å². The van der Waals surface area contributed by atoms with Crippen LogP contribution in [0, 0.1) is 0 Å². The van der Waals surface area contributed by atoms with E-state index in [0.29, 0.717) is 4.88 Å². The van der Waals surface area contributed by atoms with Crippen LogP contribution in [-0.2, 0) is 4.79 Å². The van der Waals surface area contributed by atoms with Gasteiger partial charge < -0.3 is 27.0 Å². The highest BCUT2D eigenvalue weighted by atomic mass is 32.1. The first-order chi connectivity index (χ1) is 10.0. The van der Waals surface area contributed by atoms with Crippen LogP contribution in [0.1, 0.15) is 22.5 Å². The summed E-state index contributed by atoms with van der Waals surface area (Å²) >= 11 is 1.25. The van der Waals surface area contributed by atoms with Crippen LogP contribution in [0.3, 0.4) is 0 Å². The molecule has 0 aromatic carbocycles. The van der Waals surface area contributed by atoms with Gasteiger partial charge in [-0.25, -0.2) is 4.98 Å². The van der Waals surface area contributed by atoms with E-state index in [4.69, 9.17) is 11.5 Å². The zero-order chi connectivity index (χ0) is 15.4. The molecule has 1 atom stereocenters. The third-order valence-electron chi connectivity index (χ3n) is 3.26. The van der Waals surface area contributed by atoms with Gasteiger partial charge in [0.15, 0.2) is 5.13 Å². The Morgan fingerprint density at radius 3 is 2.90 bits per heavy atom. The number of hydrogen-bond donors (Lipinski definition) is 4. The summed E-state index contributed by atoms with van der Waals surface area (Å²) in [6, 6.07) is 0.139. The second kappa shape index (κ2) is 6.72. The minimum atomic E-state index is -0.302. The number of anilines is 2. The van der Waals surface area contributed by atoms with E-state index in [1.807, 2.05) is 4.90 Å². The number of rotatable bonds is 5. The van der Waals surface area contributed by atoms with Gasteiger partial charge in [-0.2, -0.15) is 0 Å². The van der Waals surface area contributed by atoms with E-state index in [9.17, 15) is 9.59 Å². The van der Waals surface area contributed by atoms with Crippen LogP contribution in [0.15, 0.2) is 0 Å². The highest BCUT2D eigenvalue weighted by Crippen LogP contribution is 2.30. The average molecular weight is 312 g/mol. The summed E-state index contributed by atoms with van der Waals surface area (Å²) in [5, 5.41) is 5.88. The molecule has 1 aliphatic rings. The van der Waals surface area contributed by atoms with E-state index in [1.54, 1.807) is 7.05 Å². The fourth-order valence-corrected chi connectivity index (χ4v) is 3.01. The van der Waals surface area contributed by atoms with Crippen molar-refractivity contribution >= 4 is 34.1 Å². The van der Waals surface area contributed by atoms with Crippen LogP contribution in [-0.4, -0.2) is 49.5 Å². The predicted molar refractivity (Wildman–Crippen MR) is 82.3 cm³/mol. The zero-order valence-corrected chi connectivity index (χ0v) is 12.7. The minimum Gasteiger partial charge on any atom is -0.382 e. The van der Waals surface area contributed by atoms with Crippen LogP contribution in [0.4, 0.5) is 10.9 Å². The van der Waals surface area contributed by atoms with Gasteiger partial charge >= 0.3 is 0 Å². The third kappa shape index (κ3) is 3.82. The molecular formula is C12H20N6O2S. The predicted octanol–water partition coefficient (Wildman–Crippen LogP) is -0.871. The van der Waals surface area contributed by atoms with Gasteiger partial charge in [-0.1, -0.05) is 11.3 Å². The Balaban J connectivity index is 1.95. The summed E-state index contributed by atoms with van der Waals surface area (Å²) in [5.41, 5.74) is 11.7. The Bertz CT molecular complexity index is 532. The van der Waals surface area contributed by atoms with Crippen molar-refractivity contribution in [1.29, 1.82) is 0 Å². The van der Waals surface area contributed by atoms with E-state index in [2.05, 4.69) is 15.6 Å². The van der Waals surface area contributed by atoms with E-state index in [-0.39, 0.29) is 36.6 Å². The lowest BCUT2D eigenvalue weighted by atomic mass is 10.3. The lowest BCUT2D eigenvalue weighted by Crippen LogP contribution is -2.29. The first-order valence-corrected chi connectivity index (χ1v) is 7.58. The van der Waals surface area contributed by atoms with Gasteiger partial charge in [0.05, 0.1) is 0 Å². The molecule has 0 radical (unpaired) electrons. The average Bonchev–Trinajstić information content (AvgIpc) is 3.04. The summed E-state index contributed by atoms with van der Waals surface area (Å²) in [4.78, 5) is 29.8. The normalized spacial score (nSPS) is 17.8. The first-order valence-electron chi connectivity index (χ1n) is 6.77. The number of hydrogen-bond acceptors (Lipinski definition) is 7. The van der Waals surface area contributed by atoms with Crippen molar-refractivity contribution in [3.05, 3.63) is 4.88 Å². The molecule has 6 N–H and O–H groups in total. The molecule has 0 aliphatic carbocycles. The molecule has 1 aliphatic heterocycles. The first kappa shape index (κ1) is 15.5. The summed E-state index contributed by atoms with van der Waals surface area (Å²) in [7, 11) is 1.55. The van der Waals surface area contributed by atoms with Crippen molar-refractivity contribution in [3.8, 4) is 0 Å². The van der Waals surface area contributed by atoms with Crippen LogP contribution < -0.4 is 27.0 Å². The maximum Gasteiger partial charge on any atom is 0.265 e. The molecule has 0 saturated carbocycles. The van der Waals surface area contributed by atoms with Gasteiger partial charge in [-0.05, 0) is 6.42 Å². The van der Waals surface area contributed by atoms with Gasteiger partial charge in [0.25, 0.3) is 5.91 Å². The zero-order valence-electron chi connectivity index (χ0n) is 11.9. The molecule has 21 heavy (non-hydrogen) atoms. The standard InChI is InChI=1S/C12H20N6O2S/c1-15-8(19)2-4-16-11(20)9-10(14)17-12(21-9)18-5-3-7(13)6-18/h7H,2-6,13-14H2,1H3,(H,15,19)(H,16,20). The van der Waals surface area contributed by atoms with Crippen molar-refractivity contribution in [2.45, 2.75) is 18.9 Å². The summed E-state index contributed by atoms with van der Waals surface area (Å²) < 4.78 is 0. The van der Waals surface area contributed by atoms with E-state index in [1.165, 1.54) is 11.3 Å². The van der Waals surface area contributed by atoms with Gasteiger partial charge in [-0.3, -0.25) is 9.59 Å². The lowest BCUT2D eigenvalue weighted by Gasteiger charge is -2.12. The van der Waals surface area contributed by atoms with E-state index in [0.717, 1.165) is 24.6 Å². The number of thiazole rings is 1. The summed E-state index contributed by atoms with van der Waals surface area (Å²) in [6.07, 6.45) is 1.14. The summed E-state index contributed by atoms with van der Waals surface area (Å²) in [6.45, 7) is 1.82. The molecule has 9 heteroatoms. The SMILES string of the molecule is CNC(=O)CCNC(=O)c1sc(N2CCC(N)C2)nc1N. The molecule has 1 unspecified atom stereocenters. The smallest absolute Gasteiger partial charge is 0.265 e. The molecular weight excluding hydrogens is 292 g/mol. The minimum absolute atomic E-state index is 0.126. The van der Waals surface area contributed by atoms with E-state index < -0.39 is 0 Å². The van der Waals surface area contributed by atoms with Crippen molar-refractivity contribution < 1.29 is 9.59 Å². The Morgan fingerprint density at radius 1 is 1.52 bits per heavy atom. The van der Waals surface area contributed by atoms with Crippen molar-refractivity contribution in [2.75, 3.05) is 37.3 Å². The number of nitrogens with two attached hydrogens (primary N) is 2. The number of carbonyl (C=O) groups is 2. The third-order valence-corrected chi connectivity index (χ3v) is 4.39. The van der Waals surface area contributed by atoms with Crippen LogP contribution in [0.25, 0.3) is 0 Å². The Morgan fingerprint density at radius 2 is 2.29 bits per heavy atom. The topological polar surface area (TPSA) is 126 Å². The molecule has 8 nitrogen and oxygen atoms in total. The quantitative estimate of drug-likeness (QED) is 0.560. The highest BCUT2D eigenvalue weighted by Gasteiger charge is 2.24. The Hall–Kier alpha value is -1.87. The van der Waals surface area contributed by atoms with Crippen molar-refractivity contribution in [2.24, 2.45) is 5.73 Å². The van der Waals surface area contributed by atoms with Gasteiger partial charge in [0.2, 0.25) is 5.91 Å². The molecule has 1 fully saturated rings. The van der Waals surface area contributed by atoms with Crippen LogP contribution >= 0.6 is 11.3 Å². The fraction of sp³-hybridized carbons (Fsp3) is 0.583. The fourth-order valence-electron chi connectivity index (χ4n) is 2.07. The van der Waals surface area contributed by atoms with Crippen molar-refractivity contribution in [1.82, 2.24) is 15.6 Å². The Kier molecular flexibility index (Phi) is 4.97.